The van der Waals surface area contributed by atoms with Gasteiger partial charge in [-0.1, -0.05) is 12.1 Å². The van der Waals surface area contributed by atoms with Crippen molar-refractivity contribution >= 4 is 17.5 Å². The number of rotatable bonds is 6. The minimum absolute atomic E-state index is 0.0710. The van der Waals surface area contributed by atoms with Crippen LogP contribution in [0.2, 0.25) is 0 Å². The molecular formula is C20H19N5O2. The Hall–Kier alpha value is -3.48. The van der Waals surface area contributed by atoms with E-state index >= 15 is 0 Å². The second kappa shape index (κ2) is 7.41. The van der Waals surface area contributed by atoms with Gasteiger partial charge in [0.1, 0.15) is 12.7 Å². The SMILES string of the molecule is O=C(Nc1ccc(C(=O)NC2CC2)cc1)c1ccc(Cn2cncn2)cc1. The Bertz CT molecular complexity index is 930. The summed E-state index contributed by atoms with van der Waals surface area (Å²) in [5.41, 5.74) is 2.84. The Labute approximate surface area is 156 Å². The highest BCUT2D eigenvalue weighted by Gasteiger charge is 2.23. The molecule has 1 saturated carbocycles. The van der Waals surface area contributed by atoms with E-state index in [4.69, 9.17) is 0 Å². The molecule has 0 bridgehead atoms. The van der Waals surface area contributed by atoms with Gasteiger partial charge >= 0.3 is 0 Å². The zero-order valence-electron chi connectivity index (χ0n) is 14.6. The molecule has 136 valence electrons. The summed E-state index contributed by atoms with van der Waals surface area (Å²) >= 11 is 0. The van der Waals surface area contributed by atoms with Crippen molar-refractivity contribution in [2.45, 2.75) is 25.4 Å². The van der Waals surface area contributed by atoms with Gasteiger partial charge in [0.25, 0.3) is 11.8 Å². The van der Waals surface area contributed by atoms with Crippen LogP contribution in [0.15, 0.2) is 61.2 Å². The van der Waals surface area contributed by atoms with Gasteiger partial charge in [-0.3, -0.25) is 9.59 Å². The number of aromatic nitrogens is 3. The van der Waals surface area contributed by atoms with E-state index in [1.807, 2.05) is 12.1 Å². The van der Waals surface area contributed by atoms with Gasteiger partial charge in [0, 0.05) is 22.9 Å². The predicted molar refractivity (Wildman–Crippen MR) is 100 cm³/mol. The fourth-order valence-electron chi connectivity index (χ4n) is 2.67. The van der Waals surface area contributed by atoms with Crippen LogP contribution in [0.25, 0.3) is 0 Å². The van der Waals surface area contributed by atoms with Crippen molar-refractivity contribution in [1.82, 2.24) is 20.1 Å². The molecule has 1 fully saturated rings. The fraction of sp³-hybridized carbons (Fsp3) is 0.200. The van der Waals surface area contributed by atoms with E-state index < -0.39 is 0 Å². The second-order valence-corrected chi connectivity index (χ2v) is 6.57. The lowest BCUT2D eigenvalue weighted by Gasteiger charge is -2.08. The zero-order valence-corrected chi connectivity index (χ0v) is 14.6. The quantitative estimate of drug-likeness (QED) is 0.706. The first-order chi connectivity index (χ1) is 13.2. The molecule has 0 atom stereocenters. The number of hydrogen-bond acceptors (Lipinski definition) is 4. The van der Waals surface area contributed by atoms with Crippen LogP contribution >= 0.6 is 0 Å². The number of benzene rings is 2. The molecule has 7 heteroatoms. The van der Waals surface area contributed by atoms with Crippen LogP contribution < -0.4 is 10.6 Å². The predicted octanol–water partition coefficient (Wildman–Crippen LogP) is 2.47. The van der Waals surface area contributed by atoms with Gasteiger partial charge in [0.15, 0.2) is 0 Å². The molecule has 0 unspecified atom stereocenters. The molecule has 2 N–H and O–H groups in total. The first-order valence-electron chi connectivity index (χ1n) is 8.81. The van der Waals surface area contributed by atoms with Crippen LogP contribution in [0, 0.1) is 0 Å². The molecule has 0 spiro atoms. The molecule has 7 nitrogen and oxygen atoms in total. The molecule has 3 aromatic rings. The van der Waals surface area contributed by atoms with E-state index in [1.165, 1.54) is 6.33 Å². The minimum Gasteiger partial charge on any atom is -0.349 e. The van der Waals surface area contributed by atoms with Crippen molar-refractivity contribution in [3.05, 3.63) is 77.9 Å². The van der Waals surface area contributed by atoms with Crippen LogP contribution in [0.5, 0.6) is 0 Å². The summed E-state index contributed by atoms with van der Waals surface area (Å²) in [6.07, 6.45) is 5.24. The number of hydrogen-bond donors (Lipinski definition) is 2. The Kier molecular flexibility index (Phi) is 4.65. The summed E-state index contributed by atoms with van der Waals surface area (Å²) in [7, 11) is 0. The fourth-order valence-corrected chi connectivity index (χ4v) is 2.67. The molecule has 1 aliphatic rings. The summed E-state index contributed by atoms with van der Waals surface area (Å²) in [6.45, 7) is 0.603. The Morgan fingerprint density at radius 3 is 2.26 bits per heavy atom. The highest BCUT2D eigenvalue weighted by Crippen LogP contribution is 2.20. The summed E-state index contributed by atoms with van der Waals surface area (Å²) in [5.74, 6) is -0.268. The number of nitrogens with one attached hydrogen (secondary N) is 2. The van der Waals surface area contributed by atoms with Gasteiger partial charge in [0.2, 0.25) is 0 Å². The topological polar surface area (TPSA) is 88.9 Å². The van der Waals surface area contributed by atoms with Gasteiger partial charge in [0.05, 0.1) is 6.54 Å². The third-order valence-electron chi connectivity index (χ3n) is 4.34. The van der Waals surface area contributed by atoms with Crippen LogP contribution in [0.1, 0.15) is 39.1 Å². The van der Waals surface area contributed by atoms with Crippen LogP contribution in [0.3, 0.4) is 0 Å². The normalized spacial score (nSPS) is 13.2. The lowest BCUT2D eigenvalue weighted by atomic mass is 10.1. The number of amides is 2. The molecule has 1 aromatic heterocycles. The lowest BCUT2D eigenvalue weighted by molar-refractivity contribution is 0.0950. The van der Waals surface area contributed by atoms with Gasteiger partial charge in [-0.25, -0.2) is 9.67 Å². The maximum Gasteiger partial charge on any atom is 0.255 e. The van der Waals surface area contributed by atoms with Crippen molar-refractivity contribution in [2.24, 2.45) is 0 Å². The van der Waals surface area contributed by atoms with Crippen molar-refractivity contribution in [3.63, 3.8) is 0 Å². The van der Waals surface area contributed by atoms with Crippen molar-refractivity contribution < 1.29 is 9.59 Å². The molecule has 1 heterocycles. The summed E-state index contributed by atoms with van der Waals surface area (Å²) in [5, 5.41) is 9.85. The average Bonchev–Trinajstić information content (AvgIpc) is 3.35. The van der Waals surface area contributed by atoms with E-state index in [-0.39, 0.29) is 11.8 Å². The molecule has 0 radical (unpaired) electrons. The van der Waals surface area contributed by atoms with Gasteiger partial charge in [-0.15, -0.1) is 0 Å². The van der Waals surface area contributed by atoms with Crippen molar-refractivity contribution in [1.29, 1.82) is 0 Å². The van der Waals surface area contributed by atoms with Crippen LogP contribution in [-0.4, -0.2) is 32.6 Å². The van der Waals surface area contributed by atoms with Gasteiger partial charge < -0.3 is 10.6 Å². The molecule has 2 amide bonds. The smallest absolute Gasteiger partial charge is 0.255 e. The highest BCUT2D eigenvalue weighted by atomic mass is 16.2. The molecule has 0 aliphatic heterocycles. The maximum absolute atomic E-state index is 12.4. The minimum atomic E-state index is -0.197. The summed E-state index contributed by atoms with van der Waals surface area (Å²) < 4.78 is 1.72. The van der Waals surface area contributed by atoms with E-state index in [2.05, 4.69) is 20.7 Å². The molecule has 4 rings (SSSR count). The number of carbonyl (C=O) groups is 2. The number of anilines is 1. The molecule has 2 aromatic carbocycles. The largest absolute Gasteiger partial charge is 0.349 e. The molecule has 27 heavy (non-hydrogen) atoms. The zero-order chi connectivity index (χ0) is 18.6. The van der Waals surface area contributed by atoms with Crippen LogP contribution in [0.4, 0.5) is 5.69 Å². The highest BCUT2D eigenvalue weighted by molar-refractivity contribution is 6.04. The van der Waals surface area contributed by atoms with Gasteiger partial charge in [-0.05, 0) is 54.8 Å². The Balaban J connectivity index is 1.36. The Morgan fingerprint density at radius 1 is 0.963 bits per heavy atom. The maximum atomic E-state index is 12.4. The molecule has 1 aliphatic carbocycles. The first kappa shape index (κ1) is 17.0. The van der Waals surface area contributed by atoms with E-state index in [1.54, 1.807) is 47.4 Å². The van der Waals surface area contributed by atoms with E-state index in [0.29, 0.717) is 29.4 Å². The Morgan fingerprint density at radius 2 is 1.63 bits per heavy atom. The number of carbonyl (C=O) groups excluding carboxylic acids is 2. The molecular weight excluding hydrogens is 342 g/mol. The lowest BCUT2D eigenvalue weighted by Crippen LogP contribution is -2.25. The monoisotopic (exact) mass is 361 g/mol. The third kappa shape index (κ3) is 4.38. The second-order valence-electron chi connectivity index (χ2n) is 6.57. The van der Waals surface area contributed by atoms with Crippen LogP contribution in [-0.2, 0) is 6.54 Å². The summed E-state index contributed by atoms with van der Waals surface area (Å²) in [4.78, 5) is 28.3. The average molecular weight is 361 g/mol. The van der Waals surface area contributed by atoms with Crippen molar-refractivity contribution in [3.8, 4) is 0 Å². The van der Waals surface area contributed by atoms with Gasteiger partial charge in [-0.2, -0.15) is 5.10 Å². The summed E-state index contributed by atoms with van der Waals surface area (Å²) in [6, 6.07) is 14.6. The molecule has 0 saturated heterocycles. The third-order valence-corrected chi connectivity index (χ3v) is 4.34. The standard InChI is InChI=1S/C20H19N5O2/c26-19(15-3-1-14(2-4-15)11-25-13-21-12-22-25)23-17-7-5-16(6-8-17)20(27)24-18-9-10-18/h1-8,12-13,18H,9-11H2,(H,23,26)(H,24,27). The van der Waals surface area contributed by atoms with Crippen molar-refractivity contribution in [2.75, 3.05) is 5.32 Å². The first-order valence-corrected chi connectivity index (χ1v) is 8.81. The van der Waals surface area contributed by atoms with E-state index in [9.17, 15) is 9.59 Å². The number of nitrogens with zero attached hydrogens (tertiary/aromatic N) is 3. The van der Waals surface area contributed by atoms with E-state index in [0.717, 1.165) is 18.4 Å².